The second kappa shape index (κ2) is 4.88. The van der Waals surface area contributed by atoms with Gasteiger partial charge in [-0.1, -0.05) is 0 Å². The highest BCUT2D eigenvalue weighted by molar-refractivity contribution is 9.14. The van der Waals surface area contributed by atoms with Crippen LogP contribution in [0.4, 0.5) is 0 Å². The van der Waals surface area contributed by atoms with Gasteiger partial charge in [-0.3, -0.25) is 0 Å². The van der Waals surface area contributed by atoms with E-state index in [1.807, 2.05) is 12.1 Å². The topological polar surface area (TPSA) is 20.2 Å². The molecule has 0 heterocycles. The van der Waals surface area contributed by atoms with Gasteiger partial charge in [0.1, 0.15) is 5.75 Å². The van der Waals surface area contributed by atoms with Crippen molar-refractivity contribution in [1.82, 2.24) is 0 Å². The average molecular weight is 539 g/mol. The largest absolute Gasteiger partial charge is 0.506 e. The molecule has 16 heavy (non-hydrogen) atoms. The molecule has 0 saturated carbocycles. The van der Waals surface area contributed by atoms with E-state index in [1.54, 1.807) is 0 Å². The molecule has 0 aliphatic rings. The maximum atomic E-state index is 10.0. The van der Waals surface area contributed by atoms with Crippen LogP contribution in [0, 0.1) is 0 Å². The van der Waals surface area contributed by atoms with E-state index in [9.17, 15) is 5.11 Å². The summed E-state index contributed by atoms with van der Waals surface area (Å²) in [6, 6.07) is 3.75. The molecular weight excluding hydrogens is 536 g/mol. The molecule has 2 aromatic rings. The van der Waals surface area contributed by atoms with E-state index in [-0.39, 0.29) is 5.75 Å². The molecule has 0 fully saturated rings. The van der Waals surface area contributed by atoms with Crippen molar-refractivity contribution in [3.05, 3.63) is 34.5 Å². The first kappa shape index (κ1) is 13.3. The Morgan fingerprint density at radius 2 is 1.38 bits per heavy atom. The number of rotatable bonds is 0. The zero-order chi connectivity index (χ0) is 12.0. The molecular formula is C10H3Br5O. The van der Waals surface area contributed by atoms with Gasteiger partial charge in [0.25, 0.3) is 0 Å². The fourth-order valence-corrected chi connectivity index (χ4v) is 4.21. The Labute approximate surface area is 134 Å². The normalized spacial score (nSPS) is 11.1. The Hall–Kier alpha value is 0.900. The fraction of sp³-hybridized carbons (Fsp3) is 0. The molecule has 0 aromatic heterocycles. The van der Waals surface area contributed by atoms with Crippen molar-refractivity contribution in [2.45, 2.75) is 0 Å². The summed E-state index contributed by atoms with van der Waals surface area (Å²) in [4.78, 5) is 0. The summed E-state index contributed by atoms with van der Waals surface area (Å²) < 4.78 is 4.16. The minimum atomic E-state index is 0.221. The summed E-state index contributed by atoms with van der Waals surface area (Å²) in [6.45, 7) is 0. The zero-order valence-corrected chi connectivity index (χ0v) is 15.4. The van der Waals surface area contributed by atoms with Crippen LogP contribution in [0.1, 0.15) is 0 Å². The number of phenols is 1. The summed E-state index contributed by atoms with van der Waals surface area (Å²) in [5.74, 6) is 0.221. The lowest BCUT2D eigenvalue weighted by Crippen LogP contribution is -1.84. The van der Waals surface area contributed by atoms with Gasteiger partial charge in [-0.05, 0) is 91.8 Å². The molecule has 0 radical (unpaired) electrons. The summed E-state index contributed by atoms with van der Waals surface area (Å²) in [5, 5.41) is 11.7. The maximum absolute atomic E-state index is 10.0. The Bertz CT molecular complexity index is 594. The quantitative estimate of drug-likeness (QED) is 0.387. The fourth-order valence-electron chi connectivity index (χ4n) is 1.39. The van der Waals surface area contributed by atoms with Crippen LogP contribution in [0.2, 0.25) is 0 Å². The standard InChI is InChI=1S/C10H3Br5O/c11-4-2-1-3-5(6(4)12)7(13)8(14)9(15)10(3)16/h1-2,16H. The minimum Gasteiger partial charge on any atom is -0.506 e. The van der Waals surface area contributed by atoms with Crippen LogP contribution in [0.25, 0.3) is 10.8 Å². The average Bonchev–Trinajstić information content (AvgIpc) is 2.27. The van der Waals surface area contributed by atoms with Gasteiger partial charge in [0.15, 0.2) is 0 Å². The molecule has 0 saturated heterocycles. The molecule has 0 unspecified atom stereocenters. The molecule has 0 atom stereocenters. The smallest absolute Gasteiger partial charge is 0.138 e. The Morgan fingerprint density at radius 3 is 2.00 bits per heavy atom. The molecule has 0 bridgehead atoms. The number of phenolic OH excluding ortho intramolecular Hbond substituents is 1. The number of hydrogen-bond donors (Lipinski definition) is 1. The van der Waals surface area contributed by atoms with Gasteiger partial charge in [0.2, 0.25) is 0 Å². The molecule has 2 rings (SSSR count). The highest BCUT2D eigenvalue weighted by Gasteiger charge is 2.17. The highest BCUT2D eigenvalue weighted by Crippen LogP contribution is 2.48. The summed E-state index contributed by atoms with van der Waals surface area (Å²) >= 11 is 17.2. The van der Waals surface area contributed by atoms with Gasteiger partial charge < -0.3 is 5.11 Å². The van der Waals surface area contributed by atoms with Crippen LogP contribution in [0.3, 0.4) is 0 Å². The van der Waals surface area contributed by atoms with E-state index < -0.39 is 0 Å². The van der Waals surface area contributed by atoms with Crippen molar-refractivity contribution in [3.63, 3.8) is 0 Å². The van der Waals surface area contributed by atoms with Crippen LogP contribution in [0.5, 0.6) is 5.75 Å². The van der Waals surface area contributed by atoms with Crippen molar-refractivity contribution in [3.8, 4) is 5.75 Å². The van der Waals surface area contributed by atoms with Crippen molar-refractivity contribution < 1.29 is 5.11 Å². The Morgan fingerprint density at radius 1 is 0.750 bits per heavy atom. The van der Waals surface area contributed by atoms with Crippen LogP contribution in [-0.4, -0.2) is 5.11 Å². The second-order valence-electron chi connectivity index (χ2n) is 3.07. The van der Waals surface area contributed by atoms with Crippen LogP contribution >= 0.6 is 79.6 Å². The van der Waals surface area contributed by atoms with E-state index in [1.165, 1.54) is 0 Å². The van der Waals surface area contributed by atoms with Gasteiger partial charge in [-0.25, -0.2) is 0 Å². The molecule has 0 amide bonds. The summed E-state index contributed by atoms with van der Waals surface area (Å²) in [6.07, 6.45) is 0. The number of aromatic hydroxyl groups is 1. The number of hydrogen-bond acceptors (Lipinski definition) is 1. The molecule has 6 heteroatoms. The molecule has 2 aromatic carbocycles. The lowest BCUT2D eigenvalue weighted by molar-refractivity contribution is 0.478. The molecule has 1 nitrogen and oxygen atoms in total. The maximum Gasteiger partial charge on any atom is 0.138 e. The van der Waals surface area contributed by atoms with Gasteiger partial charge in [0, 0.05) is 24.2 Å². The van der Waals surface area contributed by atoms with E-state index in [0.29, 0.717) is 4.47 Å². The lowest BCUT2D eigenvalue weighted by Gasteiger charge is -2.11. The van der Waals surface area contributed by atoms with Crippen molar-refractivity contribution >= 4 is 90.4 Å². The zero-order valence-electron chi connectivity index (χ0n) is 7.49. The monoisotopic (exact) mass is 534 g/mol. The molecule has 1 N–H and O–H groups in total. The van der Waals surface area contributed by atoms with Crippen LogP contribution in [0.15, 0.2) is 34.5 Å². The number of fused-ring (bicyclic) bond motifs is 1. The molecule has 0 aliphatic carbocycles. The first-order valence-corrected chi connectivity index (χ1v) is 8.04. The van der Waals surface area contributed by atoms with Gasteiger partial charge in [0.05, 0.1) is 8.95 Å². The Balaban J connectivity index is 3.09. The summed E-state index contributed by atoms with van der Waals surface area (Å²) in [5.41, 5.74) is 0. The van der Waals surface area contributed by atoms with E-state index >= 15 is 0 Å². The molecule has 84 valence electrons. The summed E-state index contributed by atoms with van der Waals surface area (Å²) in [7, 11) is 0. The van der Waals surface area contributed by atoms with E-state index in [2.05, 4.69) is 79.6 Å². The SMILES string of the molecule is Oc1c(Br)c(Br)c(Br)c2c(Br)c(Br)ccc12. The van der Waals surface area contributed by atoms with Gasteiger partial charge >= 0.3 is 0 Å². The first-order chi connectivity index (χ1) is 7.45. The van der Waals surface area contributed by atoms with Crippen LogP contribution < -0.4 is 0 Å². The van der Waals surface area contributed by atoms with Crippen molar-refractivity contribution in [1.29, 1.82) is 0 Å². The molecule has 0 aliphatic heterocycles. The highest BCUT2D eigenvalue weighted by atomic mass is 79.9. The van der Waals surface area contributed by atoms with Gasteiger partial charge in [-0.2, -0.15) is 0 Å². The third-order valence-electron chi connectivity index (χ3n) is 2.16. The predicted molar refractivity (Wildman–Crippen MR) is 84.1 cm³/mol. The lowest BCUT2D eigenvalue weighted by atomic mass is 10.1. The van der Waals surface area contributed by atoms with E-state index in [0.717, 1.165) is 28.7 Å². The third kappa shape index (κ3) is 2.00. The van der Waals surface area contributed by atoms with Crippen molar-refractivity contribution in [2.24, 2.45) is 0 Å². The number of benzene rings is 2. The first-order valence-electron chi connectivity index (χ1n) is 4.08. The van der Waals surface area contributed by atoms with Crippen LogP contribution in [-0.2, 0) is 0 Å². The third-order valence-corrected chi connectivity index (χ3v) is 7.60. The van der Waals surface area contributed by atoms with Gasteiger partial charge in [-0.15, -0.1) is 0 Å². The molecule has 0 spiro atoms. The minimum absolute atomic E-state index is 0.221. The Kier molecular flexibility index (Phi) is 4.07. The van der Waals surface area contributed by atoms with Crippen molar-refractivity contribution in [2.75, 3.05) is 0 Å². The predicted octanol–water partition coefficient (Wildman–Crippen LogP) is 6.36. The number of halogens is 5. The second-order valence-corrected chi connectivity index (χ2v) is 7.10. The van der Waals surface area contributed by atoms with E-state index in [4.69, 9.17) is 0 Å².